The first-order valence-electron chi connectivity index (χ1n) is 20.0. The summed E-state index contributed by atoms with van der Waals surface area (Å²) in [7, 11) is -4.13. The highest BCUT2D eigenvalue weighted by atomic mass is 35.5. The van der Waals surface area contributed by atoms with Gasteiger partial charge in [0.15, 0.2) is 0 Å². The molecule has 2 bridgehead atoms. The predicted molar refractivity (Wildman–Crippen MR) is 210 cm³/mol. The number of allylic oxidation sites excluding steroid dienone is 1. The van der Waals surface area contributed by atoms with Gasteiger partial charge in [0.1, 0.15) is 24.6 Å². The molecule has 2 aromatic carbocycles. The number of nitrogens with one attached hydrogen (secondary N) is 1. The number of amides is 1. The van der Waals surface area contributed by atoms with E-state index in [2.05, 4.69) is 19.4 Å². The number of hydrogen-bond donors (Lipinski definition) is 1. The molecule has 1 amide bonds. The largest absolute Gasteiger partial charge is 0.487 e. The van der Waals surface area contributed by atoms with Crippen molar-refractivity contribution in [2.24, 2.45) is 17.8 Å². The summed E-state index contributed by atoms with van der Waals surface area (Å²) in [6.45, 7) is 7.76. The van der Waals surface area contributed by atoms with Gasteiger partial charge < -0.3 is 19.1 Å². The van der Waals surface area contributed by atoms with E-state index in [0.29, 0.717) is 62.3 Å². The van der Waals surface area contributed by atoms with Crippen molar-refractivity contribution >= 4 is 33.2 Å². The van der Waals surface area contributed by atoms with Crippen molar-refractivity contribution in [3.05, 3.63) is 70.3 Å². The zero-order chi connectivity index (χ0) is 39.7. The Morgan fingerprint density at radius 2 is 1.86 bits per heavy atom. The summed E-state index contributed by atoms with van der Waals surface area (Å²) in [5.41, 5.74) is 1.61. The minimum atomic E-state index is -4.55. The molecule has 10 nitrogen and oxygen atoms in total. The van der Waals surface area contributed by atoms with E-state index in [1.807, 2.05) is 30.4 Å². The highest BCUT2D eigenvalue weighted by Gasteiger charge is 2.51. The van der Waals surface area contributed by atoms with Crippen LogP contribution < -0.4 is 14.4 Å². The van der Waals surface area contributed by atoms with Gasteiger partial charge in [-0.1, -0.05) is 36.7 Å². The van der Waals surface area contributed by atoms with Crippen molar-refractivity contribution in [3.8, 4) is 5.75 Å². The minimum Gasteiger partial charge on any atom is -0.487 e. The number of rotatable bonds is 4. The van der Waals surface area contributed by atoms with Crippen LogP contribution in [-0.2, 0) is 32.5 Å². The van der Waals surface area contributed by atoms with Gasteiger partial charge >= 0.3 is 6.18 Å². The van der Waals surface area contributed by atoms with E-state index < -0.39 is 45.5 Å². The van der Waals surface area contributed by atoms with Crippen LogP contribution in [0.1, 0.15) is 67.4 Å². The first kappa shape index (κ1) is 41.3. The van der Waals surface area contributed by atoms with E-state index in [-0.39, 0.29) is 43.0 Å². The van der Waals surface area contributed by atoms with Gasteiger partial charge in [0, 0.05) is 62.4 Å². The van der Waals surface area contributed by atoms with E-state index in [0.717, 1.165) is 49.9 Å². The zero-order valence-corrected chi connectivity index (χ0v) is 33.8. The molecule has 4 aliphatic heterocycles. The van der Waals surface area contributed by atoms with Crippen molar-refractivity contribution in [2.45, 2.75) is 82.0 Å². The fourth-order valence-electron chi connectivity index (χ4n) is 9.07. The second-order valence-corrected chi connectivity index (χ2v) is 18.9. The van der Waals surface area contributed by atoms with Crippen LogP contribution in [0.15, 0.2) is 48.6 Å². The number of piperazine rings is 1. The lowest BCUT2D eigenvalue weighted by atomic mass is 9.63. The SMILES string of the molecule is C[C@@H]1[C@@H](C)C/C=C\[C@](CN2CCN3CCOC[C@@H]3C2)(OCC(F)(F)F)[C@@H]2CC[C@H]2CN2CCCCc3cc(Cl)ccc3COc3ccc(cc32)C(=O)NS1(=O)=O. The number of fused-ring (bicyclic) bond motifs is 4. The number of carbonyl (C=O) groups excluding carboxylic acids is 1. The van der Waals surface area contributed by atoms with Crippen LogP contribution in [0.2, 0.25) is 5.02 Å². The Hall–Kier alpha value is -2.88. The number of benzene rings is 2. The molecule has 5 aliphatic rings. The fourth-order valence-corrected chi connectivity index (χ4v) is 10.5. The Bertz CT molecular complexity index is 1870. The van der Waals surface area contributed by atoms with Gasteiger partial charge in [-0.25, -0.2) is 13.1 Å². The Morgan fingerprint density at radius 3 is 2.64 bits per heavy atom. The monoisotopic (exact) mass is 822 g/mol. The van der Waals surface area contributed by atoms with Crippen LogP contribution in [0.3, 0.4) is 0 Å². The molecule has 56 heavy (non-hydrogen) atoms. The average molecular weight is 823 g/mol. The van der Waals surface area contributed by atoms with Crippen LogP contribution in [-0.4, -0.2) is 113 Å². The number of carbonyl (C=O) groups is 1. The van der Waals surface area contributed by atoms with Crippen LogP contribution in [0.5, 0.6) is 5.75 Å². The highest BCUT2D eigenvalue weighted by molar-refractivity contribution is 7.90. The summed E-state index contributed by atoms with van der Waals surface area (Å²) < 4.78 is 90.5. The Kier molecular flexibility index (Phi) is 12.6. The molecular weight excluding hydrogens is 769 g/mol. The molecule has 0 spiro atoms. The average Bonchev–Trinajstić information content (AvgIpc) is 3.17. The topological polar surface area (TPSA) is 101 Å². The number of anilines is 1. The Morgan fingerprint density at radius 1 is 1.02 bits per heavy atom. The summed E-state index contributed by atoms with van der Waals surface area (Å²) in [5.74, 6) is -0.958. The highest BCUT2D eigenvalue weighted by Crippen LogP contribution is 2.47. The molecule has 2 aromatic rings. The quantitative estimate of drug-likeness (QED) is 0.349. The van der Waals surface area contributed by atoms with Gasteiger partial charge in [-0.15, -0.1) is 0 Å². The molecule has 4 heterocycles. The predicted octanol–water partition coefficient (Wildman–Crippen LogP) is 6.47. The van der Waals surface area contributed by atoms with Gasteiger partial charge in [-0.3, -0.25) is 14.6 Å². The molecule has 0 radical (unpaired) electrons. The van der Waals surface area contributed by atoms with Crippen LogP contribution >= 0.6 is 11.6 Å². The summed E-state index contributed by atoms with van der Waals surface area (Å²) in [6.07, 6.45) is 3.23. The van der Waals surface area contributed by atoms with Crippen molar-refractivity contribution in [1.29, 1.82) is 0 Å². The summed E-state index contributed by atoms with van der Waals surface area (Å²) in [4.78, 5) is 20.4. The maximum Gasteiger partial charge on any atom is 0.411 e. The third kappa shape index (κ3) is 9.52. The lowest BCUT2D eigenvalue weighted by Gasteiger charge is -2.53. The second kappa shape index (κ2) is 17.1. The number of alkyl halides is 3. The van der Waals surface area contributed by atoms with E-state index in [1.165, 1.54) is 0 Å². The van der Waals surface area contributed by atoms with Gasteiger partial charge in [0.05, 0.1) is 24.2 Å². The van der Waals surface area contributed by atoms with Crippen LogP contribution in [0, 0.1) is 17.8 Å². The van der Waals surface area contributed by atoms with Crippen molar-refractivity contribution in [2.75, 3.05) is 70.5 Å². The lowest BCUT2D eigenvalue weighted by Crippen LogP contribution is -2.63. The fraction of sp³-hybridized carbons (Fsp3) is 0.634. The molecular formula is C41H54ClF3N4O6S. The number of hydrogen-bond acceptors (Lipinski definition) is 9. The van der Waals surface area contributed by atoms with Gasteiger partial charge in [0.25, 0.3) is 5.91 Å². The van der Waals surface area contributed by atoms with Crippen LogP contribution in [0.25, 0.3) is 0 Å². The Labute approximate surface area is 333 Å². The second-order valence-electron chi connectivity index (χ2n) is 16.4. The Balaban J connectivity index is 1.28. The van der Waals surface area contributed by atoms with Crippen molar-refractivity contribution in [1.82, 2.24) is 14.5 Å². The van der Waals surface area contributed by atoms with E-state index in [1.54, 1.807) is 32.0 Å². The van der Waals surface area contributed by atoms with E-state index >= 15 is 0 Å². The van der Waals surface area contributed by atoms with E-state index in [4.69, 9.17) is 25.8 Å². The summed E-state index contributed by atoms with van der Waals surface area (Å²) in [5, 5.41) is -0.326. The standard InChI is InChI=1S/C41H54ClF3N4O6S/c1-28-6-5-14-40(55-27-41(43,44)45,26-47-16-17-48-18-19-53-25-35(48)23-47)36-12-9-32(36)22-49-15-4-3-7-30-20-34(42)11-8-33(30)24-54-38-13-10-31(21-37(38)49)39(50)46-56(51,52)29(28)2/h5,8,10-11,13-14,20-21,28-29,32,35-36H,3-4,6-7,9,12,15-19,22-27H2,1-2H3,(H,46,50)/b14-5-/t28-,29+,32-,35-,36+,40+/m0/s1. The molecule has 6 atom stereocenters. The smallest absolute Gasteiger partial charge is 0.411 e. The number of sulfonamides is 1. The number of halogens is 4. The van der Waals surface area contributed by atoms with Gasteiger partial charge in [0.2, 0.25) is 10.0 Å². The summed E-state index contributed by atoms with van der Waals surface area (Å²) >= 11 is 6.38. The molecule has 1 N–H and O–H groups in total. The maximum atomic E-state index is 14.2. The normalized spacial score (nSPS) is 31.3. The molecule has 0 aromatic heterocycles. The number of nitrogens with zero attached hydrogens (tertiary/aromatic N) is 3. The molecule has 1 saturated carbocycles. The van der Waals surface area contributed by atoms with Crippen molar-refractivity contribution in [3.63, 3.8) is 0 Å². The molecule has 1 aliphatic carbocycles. The summed E-state index contributed by atoms with van der Waals surface area (Å²) in [6, 6.07) is 10.9. The van der Waals surface area contributed by atoms with Crippen LogP contribution in [0.4, 0.5) is 18.9 Å². The lowest BCUT2D eigenvalue weighted by molar-refractivity contribution is -0.219. The van der Waals surface area contributed by atoms with Gasteiger partial charge in [-0.05, 0) is 105 Å². The molecule has 0 unspecified atom stereocenters. The molecule has 3 fully saturated rings. The molecule has 7 rings (SSSR count). The maximum absolute atomic E-state index is 14.2. The third-order valence-electron chi connectivity index (χ3n) is 12.7. The van der Waals surface area contributed by atoms with E-state index in [9.17, 15) is 26.4 Å². The number of aryl methyl sites for hydroxylation is 1. The third-order valence-corrected chi connectivity index (χ3v) is 14.8. The zero-order valence-electron chi connectivity index (χ0n) is 32.2. The first-order valence-corrected chi connectivity index (χ1v) is 21.9. The molecule has 308 valence electrons. The van der Waals surface area contributed by atoms with Crippen molar-refractivity contribution < 1.29 is 40.6 Å². The first-order chi connectivity index (χ1) is 26.7. The van der Waals surface area contributed by atoms with Gasteiger partial charge in [-0.2, -0.15) is 13.2 Å². The number of ether oxygens (including phenoxy) is 3. The molecule has 15 heteroatoms. The number of morpholine rings is 1. The minimum absolute atomic E-state index is 0.0386. The molecule has 2 saturated heterocycles.